The second kappa shape index (κ2) is 3.14. The van der Waals surface area contributed by atoms with Gasteiger partial charge in [-0.1, -0.05) is 13.0 Å². The van der Waals surface area contributed by atoms with Crippen LogP contribution in [0.5, 0.6) is 0 Å². The molecule has 0 saturated heterocycles. The Bertz CT molecular complexity index is 487. The summed E-state index contributed by atoms with van der Waals surface area (Å²) >= 11 is 0. The van der Waals surface area contributed by atoms with Crippen molar-refractivity contribution < 1.29 is 4.79 Å². The van der Waals surface area contributed by atoms with Gasteiger partial charge in [-0.05, 0) is 18.6 Å². The van der Waals surface area contributed by atoms with E-state index >= 15 is 0 Å². The van der Waals surface area contributed by atoms with Crippen LogP contribution in [0, 0.1) is 0 Å². The molecule has 0 spiro atoms. The summed E-state index contributed by atoms with van der Waals surface area (Å²) in [4.78, 5) is 15.3. The van der Waals surface area contributed by atoms with Crippen LogP contribution >= 0.6 is 0 Å². The quantitative estimate of drug-likeness (QED) is 0.766. The predicted molar refractivity (Wildman–Crippen MR) is 53.1 cm³/mol. The highest BCUT2D eigenvalue weighted by atomic mass is 16.1. The molecule has 0 aliphatic heterocycles. The first-order valence-corrected chi connectivity index (χ1v) is 4.49. The minimum absolute atomic E-state index is 0.374. The van der Waals surface area contributed by atoms with Gasteiger partial charge in [0.25, 0.3) is 5.91 Å². The topological polar surface area (TPSA) is 60.4 Å². The Labute approximate surface area is 81.4 Å². The van der Waals surface area contributed by atoms with E-state index in [-0.39, 0.29) is 0 Å². The number of rotatable bonds is 2. The Morgan fingerprint density at radius 3 is 3.00 bits per heavy atom. The van der Waals surface area contributed by atoms with Crippen molar-refractivity contribution in [1.82, 2.24) is 9.38 Å². The Kier molecular flexibility index (Phi) is 1.96. The third-order valence-corrected chi connectivity index (χ3v) is 2.20. The van der Waals surface area contributed by atoms with Crippen LogP contribution in [0.2, 0.25) is 0 Å². The molecule has 2 heterocycles. The maximum absolute atomic E-state index is 11.1. The van der Waals surface area contributed by atoms with Gasteiger partial charge in [-0.15, -0.1) is 0 Å². The summed E-state index contributed by atoms with van der Waals surface area (Å²) in [5.74, 6) is -0.467. The van der Waals surface area contributed by atoms with Crippen molar-refractivity contribution in [3.05, 3.63) is 35.8 Å². The van der Waals surface area contributed by atoms with Crippen molar-refractivity contribution in [2.24, 2.45) is 5.73 Å². The molecule has 2 N–H and O–H groups in total. The first kappa shape index (κ1) is 8.74. The molecule has 4 nitrogen and oxygen atoms in total. The van der Waals surface area contributed by atoms with Gasteiger partial charge in [0.15, 0.2) is 0 Å². The molecule has 0 saturated carbocycles. The summed E-state index contributed by atoms with van der Waals surface area (Å²) in [6.45, 7) is 1.98. The average molecular weight is 189 g/mol. The molecule has 0 unspecified atom stereocenters. The largest absolute Gasteiger partial charge is 0.364 e. The maximum Gasteiger partial charge on any atom is 0.269 e. The van der Waals surface area contributed by atoms with Crippen LogP contribution in [-0.4, -0.2) is 15.3 Å². The maximum atomic E-state index is 11.1. The third-order valence-electron chi connectivity index (χ3n) is 2.20. The first-order valence-electron chi connectivity index (χ1n) is 4.49. The molecule has 14 heavy (non-hydrogen) atoms. The number of fused-ring (bicyclic) bond motifs is 1. The third kappa shape index (κ3) is 1.16. The number of nitrogens with two attached hydrogens (primary N) is 1. The standard InChI is InChI=1S/C10H11N3O/c1-2-7-9(10(11)14)12-8-5-3-4-6-13(7)8/h3-6H,2H2,1H3,(H2,11,14). The molecule has 2 aromatic heterocycles. The first-order chi connectivity index (χ1) is 6.74. The van der Waals surface area contributed by atoms with Crippen LogP contribution in [0.4, 0.5) is 0 Å². The lowest BCUT2D eigenvalue weighted by molar-refractivity contribution is 0.0995. The average Bonchev–Trinajstić information content (AvgIpc) is 2.56. The van der Waals surface area contributed by atoms with Crippen LogP contribution in [0.15, 0.2) is 24.4 Å². The molecule has 1 amide bonds. The van der Waals surface area contributed by atoms with E-state index in [2.05, 4.69) is 4.98 Å². The number of pyridine rings is 1. The molecule has 0 atom stereocenters. The second-order valence-corrected chi connectivity index (χ2v) is 3.05. The molecular formula is C10H11N3O. The van der Waals surface area contributed by atoms with Gasteiger partial charge in [-0.25, -0.2) is 4.98 Å². The zero-order valence-corrected chi connectivity index (χ0v) is 7.90. The highest BCUT2D eigenvalue weighted by molar-refractivity contribution is 5.92. The number of amides is 1. The van der Waals surface area contributed by atoms with E-state index in [1.165, 1.54) is 0 Å². The number of carbonyl (C=O) groups excluding carboxylic acids is 1. The lowest BCUT2D eigenvalue weighted by Gasteiger charge is -1.97. The van der Waals surface area contributed by atoms with Gasteiger partial charge in [0.1, 0.15) is 11.3 Å². The van der Waals surface area contributed by atoms with Crippen molar-refractivity contribution in [3.8, 4) is 0 Å². The van der Waals surface area contributed by atoms with E-state index in [0.29, 0.717) is 5.69 Å². The molecule has 0 aliphatic rings. The SMILES string of the molecule is CCc1c(C(N)=O)nc2ccccn12. The van der Waals surface area contributed by atoms with Crippen LogP contribution < -0.4 is 5.73 Å². The second-order valence-electron chi connectivity index (χ2n) is 3.05. The molecule has 4 heteroatoms. The van der Waals surface area contributed by atoms with Gasteiger partial charge in [0.2, 0.25) is 0 Å². The van der Waals surface area contributed by atoms with Gasteiger partial charge in [-0.2, -0.15) is 0 Å². The number of hydrogen-bond donors (Lipinski definition) is 1. The zero-order valence-electron chi connectivity index (χ0n) is 7.90. The van der Waals surface area contributed by atoms with Crippen molar-refractivity contribution in [2.45, 2.75) is 13.3 Å². The number of aromatic nitrogens is 2. The summed E-state index contributed by atoms with van der Waals surface area (Å²) in [6.07, 6.45) is 2.62. The Morgan fingerprint density at radius 2 is 2.36 bits per heavy atom. The minimum atomic E-state index is -0.467. The normalized spacial score (nSPS) is 10.6. The zero-order chi connectivity index (χ0) is 10.1. The van der Waals surface area contributed by atoms with Crippen LogP contribution in [0.3, 0.4) is 0 Å². The lowest BCUT2D eigenvalue weighted by atomic mass is 10.2. The van der Waals surface area contributed by atoms with Crippen LogP contribution in [0.1, 0.15) is 23.1 Å². The van der Waals surface area contributed by atoms with Gasteiger partial charge >= 0.3 is 0 Å². The van der Waals surface area contributed by atoms with Gasteiger partial charge in [0, 0.05) is 6.20 Å². The van der Waals surface area contributed by atoms with Crippen LogP contribution in [0.25, 0.3) is 5.65 Å². The van der Waals surface area contributed by atoms with Gasteiger partial charge < -0.3 is 10.1 Å². The molecular weight excluding hydrogens is 178 g/mol. The van der Waals surface area contributed by atoms with E-state index < -0.39 is 5.91 Å². The number of primary amides is 1. The number of imidazole rings is 1. The fourth-order valence-corrected chi connectivity index (χ4v) is 1.58. The molecule has 2 rings (SSSR count). The summed E-state index contributed by atoms with van der Waals surface area (Å²) in [6, 6.07) is 5.64. The Morgan fingerprint density at radius 1 is 1.57 bits per heavy atom. The molecule has 0 aliphatic carbocycles. The molecule has 0 fully saturated rings. The fourth-order valence-electron chi connectivity index (χ4n) is 1.58. The fraction of sp³-hybridized carbons (Fsp3) is 0.200. The molecule has 2 aromatic rings. The predicted octanol–water partition coefficient (Wildman–Crippen LogP) is 0.996. The lowest BCUT2D eigenvalue weighted by Crippen LogP contribution is -2.14. The smallest absolute Gasteiger partial charge is 0.269 e. The van der Waals surface area contributed by atoms with Gasteiger partial charge in [-0.3, -0.25) is 4.79 Å². The van der Waals surface area contributed by atoms with Crippen molar-refractivity contribution in [3.63, 3.8) is 0 Å². The monoisotopic (exact) mass is 189 g/mol. The van der Waals surface area contributed by atoms with E-state index in [0.717, 1.165) is 17.8 Å². The summed E-state index contributed by atoms with van der Waals surface area (Å²) < 4.78 is 1.89. The Balaban J connectivity index is 2.78. The van der Waals surface area contributed by atoms with E-state index in [4.69, 9.17) is 5.73 Å². The number of aryl methyl sites for hydroxylation is 1. The summed E-state index contributed by atoms with van der Waals surface area (Å²) in [7, 11) is 0. The van der Waals surface area contributed by atoms with Crippen molar-refractivity contribution >= 4 is 11.6 Å². The van der Waals surface area contributed by atoms with E-state index in [1.807, 2.05) is 35.7 Å². The molecule has 72 valence electrons. The summed E-state index contributed by atoms with van der Waals surface area (Å²) in [5.41, 5.74) is 7.24. The number of hydrogen-bond acceptors (Lipinski definition) is 2. The molecule has 0 aromatic carbocycles. The van der Waals surface area contributed by atoms with Gasteiger partial charge in [0.05, 0.1) is 5.69 Å². The van der Waals surface area contributed by atoms with E-state index in [9.17, 15) is 4.79 Å². The Hall–Kier alpha value is -1.84. The van der Waals surface area contributed by atoms with Crippen molar-refractivity contribution in [2.75, 3.05) is 0 Å². The van der Waals surface area contributed by atoms with Crippen LogP contribution in [-0.2, 0) is 6.42 Å². The summed E-state index contributed by atoms with van der Waals surface area (Å²) in [5, 5.41) is 0. The number of carbonyl (C=O) groups is 1. The highest BCUT2D eigenvalue weighted by Gasteiger charge is 2.13. The van der Waals surface area contributed by atoms with Crippen molar-refractivity contribution in [1.29, 1.82) is 0 Å². The number of nitrogens with zero attached hydrogens (tertiary/aromatic N) is 2. The highest BCUT2D eigenvalue weighted by Crippen LogP contribution is 2.12. The minimum Gasteiger partial charge on any atom is -0.364 e. The molecule has 0 radical (unpaired) electrons. The molecule has 0 bridgehead atoms. The van der Waals surface area contributed by atoms with E-state index in [1.54, 1.807) is 0 Å².